The molecule has 3 aromatic rings. The fourth-order valence-electron chi connectivity index (χ4n) is 2.50. The summed E-state index contributed by atoms with van der Waals surface area (Å²) in [7, 11) is 1.86. The second kappa shape index (κ2) is 5.58. The molecular weight excluding hydrogens is 335 g/mol. The summed E-state index contributed by atoms with van der Waals surface area (Å²) in [6.45, 7) is 0. The number of nitrogens with zero attached hydrogens (tertiary/aromatic N) is 2. The summed E-state index contributed by atoms with van der Waals surface area (Å²) in [6, 6.07) is 12.5. The molecule has 0 aliphatic carbocycles. The summed E-state index contributed by atoms with van der Waals surface area (Å²) in [5.41, 5.74) is 2.05. The monoisotopic (exact) mass is 348 g/mol. The van der Waals surface area contributed by atoms with Crippen molar-refractivity contribution < 1.29 is 9.50 Å². The summed E-state index contributed by atoms with van der Waals surface area (Å²) in [4.78, 5) is 0. The number of fused-ring (bicyclic) bond motifs is 1. The SMILES string of the molecule is Cn1nc(CC(O)c2ccc(Br)cc2F)c2ccccc21. The number of halogens is 2. The molecule has 1 heterocycles. The quantitative estimate of drug-likeness (QED) is 0.782. The highest BCUT2D eigenvalue weighted by Crippen LogP contribution is 2.26. The number of hydrogen-bond acceptors (Lipinski definition) is 2. The van der Waals surface area contributed by atoms with E-state index in [9.17, 15) is 9.50 Å². The topological polar surface area (TPSA) is 38.0 Å². The first-order chi connectivity index (χ1) is 10.1. The Morgan fingerprint density at radius 2 is 2.05 bits per heavy atom. The van der Waals surface area contributed by atoms with Gasteiger partial charge in [-0.05, 0) is 18.2 Å². The van der Waals surface area contributed by atoms with Crippen LogP contribution in [0.1, 0.15) is 17.4 Å². The zero-order valence-corrected chi connectivity index (χ0v) is 13.0. The van der Waals surface area contributed by atoms with Crippen molar-refractivity contribution in [1.82, 2.24) is 9.78 Å². The standard InChI is InChI=1S/C16H14BrFN2O/c1-20-15-5-3-2-4-12(15)14(19-20)9-16(21)11-7-6-10(17)8-13(11)18/h2-8,16,21H,9H2,1H3. The summed E-state index contributed by atoms with van der Waals surface area (Å²) >= 11 is 3.21. The van der Waals surface area contributed by atoms with Gasteiger partial charge < -0.3 is 5.11 Å². The second-order valence-electron chi connectivity index (χ2n) is 4.97. The molecule has 0 saturated carbocycles. The van der Waals surface area contributed by atoms with E-state index in [0.717, 1.165) is 16.6 Å². The van der Waals surface area contributed by atoms with Gasteiger partial charge in [0.25, 0.3) is 0 Å². The number of hydrogen-bond donors (Lipinski definition) is 1. The molecular formula is C16H14BrFN2O. The van der Waals surface area contributed by atoms with Crippen LogP contribution in [0.2, 0.25) is 0 Å². The first-order valence-electron chi connectivity index (χ1n) is 6.60. The average molecular weight is 349 g/mol. The van der Waals surface area contributed by atoms with E-state index in [4.69, 9.17) is 0 Å². The van der Waals surface area contributed by atoms with E-state index in [1.54, 1.807) is 16.8 Å². The van der Waals surface area contributed by atoms with Crippen LogP contribution in [0.4, 0.5) is 4.39 Å². The minimum absolute atomic E-state index is 0.278. The van der Waals surface area contributed by atoms with Gasteiger partial charge in [-0.1, -0.05) is 40.2 Å². The van der Waals surface area contributed by atoms with Crippen molar-refractivity contribution in [3.05, 3.63) is 64.0 Å². The van der Waals surface area contributed by atoms with Crippen molar-refractivity contribution in [3.63, 3.8) is 0 Å². The van der Waals surface area contributed by atoms with Crippen LogP contribution < -0.4 is 0 Å². The fourth-order valence-corrected chi connectivity index (χ4v) is 2.84. The highest BCUT2D eigenvalue weighted by Gasteiger charge is 2.17. The van der Waals surface area contributed by atoms with Crippen LogP contribution in [0.15, 0.2) is 46.9 Å². The van der Waals surface area contributed by atoms with Crippen LogP contribution in [-0.4, -0.2) is 14.9 Å². The summed E-state index contributed by atoms with van der Waals surface area (Å²) in [5.74, 6) is -0.419. The number of aromatic nitrogens is 2. The smallest absolute Gasteiger partial charge is 0.130 e. The number of aryl methyl sites for hydroxylation is 1. The second-order valence-corrected chi connectivity index (χ2v) is 5.89. The summed E-state index contributed by atoms with van der Waals surface area (Å²) in [6.07, 6.45) is -0.642. The number of aliphatic hydroxyl groups is 1. The Morgan fingerprint density at radius 1 is 1.29 bits per heavy atom. The first kappa shape index (κ1) is 14.2. The Balaban J connectivity index is 1.94. The molecule has 0 radical (unpaired) electrons. The maximum atomic E-state index is 13.9. The van der Waals surface area contributed by atoms with Crippen LogP contribution in [0.5, 0.6) is 0 Å². The molecule has 1 aromatic heterocycles. The largest absolute Gasteiger partial charge is 0.388 e. The van der Waals surface area contributed by atoms with E-state index in [2.05, 4.69) is 21.0 Å². The Labute approximate surface area is 130 Å². The summed E-state index contributed by atoms with van der Waals surface area (Å²) in [5, 5.41) is 15.7. The number of aliphatic hydroxyl groups excluding tert-OH is 1. The van der Waals surface area contributed by atoms with Crippen molar-refractivity contribution in [2.45, 2.75) is 12.5 Å². The van der Waals surface area contributed by atoms with Gasteiger partial charge in [0.1, 0.15) is 5.82 Å². The lowest BCUT2D eigenvalue weighted by atomic mass is 10.0. The lowest BCUT2D eigenvalue weighted by Gasteiger charge is -2.11. The van der Waals surface area contributed by atoms with E-state index in [1.807, 2.05) is 31.3 Å². The maximum absolute atomic E-state index is 13.9. The van der Waals surface area contributed by atoms with Crippen molar-refractivity contribution >= 4 is 26.8 Å². The van der Waals surface area contributed by atoms with Crippen molar-refractivity contribution in [1.29, 1.82) is 0 Å². The van der Waals surface area contributed by atoms with Gasteiger partial charge >= 0.3 is 0 Å². The fraction of sp³-hybridized carbons (Fsp3) is 0.188. The Morgan fingerprint density at radius 3 is 2.81 bits per heavy atom. The third kappa shape index (κ3) is 2.71. The molecule has 1 atom stereocenters. The maximum Gasteiger partial charge on any atom is 0.130 e. The van der Waals surface area contributed by atoms with Crippen molar-refractivity contribution in [2.24, 2.45) is 7.05 Å². The third-order valence-electron chi connectivity index (χ3n) is 3.54. The predicted molar refractivity (Wildman–Crippen MR) is 83.5 cm³/mol. The van der Waals surface area contributed by atoms with E-state index < -0.39 is 11.9 Å². The molecule has 3 nitrogen and oxygen atoms in total. The van der Waals surface area contributed by atoms with Gasteiger partial charge in [0.2, 0.25) is 0 Å². The van der Waals surface area contributed by atoms with Gasteiger partial charge in [-0.25, -0.2) is 4.39 Å². The lowest BCUT2D eigenvalue weighted by Crippen LogP contribution is -2.05. The molecule has 1 unspecified atom stereocenters. The summed E-state index contributed by atoms with van der Waals surface area (Å²) < 4.78 is 16.3. The lowest BCUT2D eigenvalue weighted by molar-refractivity contribution is 0.172. The van der Waals surface area contributed by atoms with Gasteiger partial charge in [-0.2, -0.15) is 5.10 Å². The first-order valence-corrected chi connectivity index (χ1v) is 7.39. The van der Waals surface area contributed by atoms with Gasteiger partial charge in [0.05, 0.1) is 17.3 Å². The molecule has 3 rings (SSSR count). The molecule has 0 aliphatic rings. The normalized spacial score (nSPS) is 12.8. The Bertz CT molecular complexity index is 800. The van der Waals surface area contributed by atoms with Gasteiger partial charge in [0.15, 0.2) is 0 Å². The molecule has 21 heavy (non-hydrogen) atoms. The Hall–Kier alpha value is -1.72. The van der Waals surface area contributed by atoms with E-state index in [1.165, 1.54) is 6.07 Å². The molecule has 5 heteroatoms. The van der Waals surface area contributed by atoms with Crippen LogP contribution in [0, 0.1) is 5.82 Å². The zero-order chi connectivity index (χ0) is 15.0. The molecule has 0 saturated heterocycles. The zero-order valence-electron chi connectivity index (χ0n) is 11.4. The van der Waals surface area contributed by atoms with Crippen LogP contribution in [0.3, 0.4) is 0 Å². The van der Waals surface area contributed by atoms with Crippen LogP contribution in [0.25, 0.3) is 10.9 Å². The van der Waals surface area contributed by atoms with Gasteiger partial charge in [-0.15, -0.1) is 0 Å². The number of para-hydroxylation sites is 1. The average Bonchev–Trinajstić information content (AvgIpc) is 2.76. The molecule has 0 spiro atoms. The molecule has 1 N–H and O–H groups in total. The van der Waals surface area contributed by atoms with Gasteiger partial charge in [0, 0.05) is 28.9 Å². The molecule has 2 aromatic carbocycles. The van der Waals surface area contributed by atoms with E-state index in [-0.39, 0.29) is 12.0 Å². The number of benzene rings is 2. The Kier molecular flexibility index (Phi) is 3.78. The minimum atomic E-state index is -0.920. The van der Waals surface area contributed by atoms with E-state index in [0.29, 0.717) is 4.47 Å². The van der Waals surface area contributed by atoms with Crippen molar-refractivity contribution in [2.75, 3.05) is 0 Å². The van der Waals surface area contributed by atoms with Crippen molar-refractivity contribution in [3.8, 4) is 0 Å². The van der Waals surface area contributed by atoms with E-state index >= 15 is 0 Å². The third-order valence-corrected chi connectivity index (χ3v) is 4.04. The molecule has 0 aliphatic heterocycles. The predicted octanol–water partition coefficient (Wildman–Crippen LogP) is 3.75. The molecule has 0 fully saturated rings. The van der Waals surface area contributed by atoms with Gasteiger partial charge in [-0.3, -0.25) is 4.68 Å². The molecule has 0 bridgehead atoms. The molecule has 108 valence electrons. The van der Waals surface area contributed by atoms with Crippen LogP contribution >= 0.6 is 15.9 Å². The van der Waals surface area contributed by atoms with Crippen LogP contribution in [-0.2, 0) is 13.5 Å². The molecule has 0 amide bonds. The highest BCUT2D eigenvalue weighted by atomic mass is 79.9. The minimum Gasteiger partial charge on any atom is -0.388 e. The highest BCUT2D eigenvalue weighted by molar-refractivity contribution is 9.10. The number of rotatable bonds is 3.